The molecule has 3 nitrogen and oxygen atoms in total. The molecule has 2 saturated heterocycles. The van der Waals surface area contributed by atoms with Gasteiger partial charge in [-0.25, -0.2) is 4.98 Å². The van der Waals surface area contributed by atoms with Crippen molar-refractivity contribution in [2.75, 3.05) is 13.1 Å². The van der Waals surface area contributed by atoms with Crippen LogP contribution in [0.1, 0.15) is 30.0 Å². The molecular weight excluding hydrogens is 218 g/mol. The minimum Gasteiger partial charge on any atom is -0.310 e. The maximum Gasteiger partial charge on any atom is 0.0897 e. The van der Waals surface area contributed by atoms with Crippen LogP contribution in [0.4, 0.5) is 0 Å². The molecule has 88 valence electrons. The molecule has 2 atom stereocenters. The molecule has 1 aromatic heterocycles. The highest BCUT2D eigenvalue weighted by molar-refractivity contribution is 7.09. The highest BCUT2D eigenvalue weighted by atomic mass is 32.1. The number of nitrogens with zero attached hydrogens (tertiary/aromatic N) is 2. The molecule has 0 radical (unpaired) electrons. The van der Waals surface area contributed by atoms with Gasteiger partial charge in [-0.15, -0.1) is 11.3 Å². The van der Waals surface area contributed by atoms with Gasteiger partial charge in [-0.05, 0) is 26.2 Å². The number of hydrogen-bond donors (Lipinski definition) is 1. The van der Waals surface area contributed by atoms with Gasteiger partial charge in [0.2, 0.25) is 0 Å². The smallest absolute Gasteiger partial charge is 0.0897 e. The third-order valence-electron chi connectivity index (χ3n) is 3.66. The predicted molar refractivity (Wildman–Crippen MR) is 66.7 cm³/mol. The fourth-order valence-corrected chi connectivity index (χ4v) is 3.47. The Kier molecular flexibility index (Phi) is 2.96. The summed E-state index contributed by atoms with van der Waals surface area (Å²) >= 11 is 1.76. The van der Waals surface area contributed by atoms with E-state index in [-0.39, 0.29) is 0 Å². The summed E-state index contributed by atoms with van der Waals surface area (Å²) in [5.41, 5.74) is 1.25. The predicted octanol–water partition coefficient (Wildman–Crippen LogP) is 1.78. The Labute approximate surface area is 101 Å². The number of aromatic nitrogens is 1. The zero-order valence-electron chi connectivity index (χ0n) is 9.78. The first-order valence-corrected chi connectivity index (χ1v) is 7.07. The Bertz CT molecular complexity index is 363. The van der Waals surface area contributed by atoms with Crippen LogP contribution in [0.15, 0.2) is 5.38 Å². The molecule has 0 aromatic carbocycles. The van der Waals surface area contributed by atoms with Gasteiger partial charge >= 0.3 is 0 Å². The lowest BCUT2D eigenvalue weighted by molar-refractivity contribution is 0.248. The quantitative estimate of drug-likeness (QED) is 0.850. The van der Waals surface area contributed by atoms with Crippen LogP contribution in [-0.2, 0) is 6.54 Å². The van der Waals surface area contributed by atoms with E-state index in [1.807, 2.05) is 0 Å². The first-order chi connectivity index (χ1) is 7.79. The molecule has 2 fully saturated rings. The van der Waals surface area contributed by atoms with Gasteiger partial charge in [-0.3, -0.25) is 4.90 Å². The van der Waals surface area contributed by atoms with E-state index in [4.69, 9.17) is 0 Å². The molecule has 4 heteroatoms. The zero-order chi connectivity index (χ0) is 11.0. The second kappa shape index (κ2) is 4.43. The van der Waals surface area contributed by atoms with E-state index in [1.165, 1.54) is 43.1 Å². The molecule has 2 aliphatic rings. The number of rotatable bonds is 2. The van der Waals surface area contributed by atoms with Crippen molar-refractivity contribution in [3.05, 3.63) is 16.1 Å². The number of hydrogen-bond acceptors (Lipinski definition) is 4. The van der Waals surface area contributed by atoms with Crippen LogP contribution in [0, 0.1) is 6.92 Å². The van der Waals surface area contributed by atoms with Crippen LogP contribution >= 0.6 is 11.3 Å². The number of aryl methyl sites for hydroxylation is 1. The summed E-state index contributed by atoms with van der Waals surface area (Å²) in [6.07, 6.45) is 4.05. The second-order valence-corrected chi connectivity index (χ2v) is 6.08. The lowest BCUT2D eigenvalue weighted by atomic mass is 10.1. The summed E-state index contributed by atoms with van der Waals surface area (Å²) in [5.74, 6) is 0. The first kappa shape index (κ1) is 10.7. The number of fused-ring (bicyclic) bond motifs is 2. The van der Waals surface area contributed by atoms with E-state index in [9.17, 15) is 0 Å². The molecule has 3 heterocycles. The minimum atomic E-state index is 0.729. The SMILES string of the molecule is Cc1nc(CN2CCC3CCC(C2)N3)cs1. The van der Waals surface area contributed by atoms with Crippen molar-refractivity contribution in [3.63, 3.8) is 0 Å². The maximum absolute atomic E-state index is 4.55. The minimum absolute atomic E-state index is 0.729. The molecular formula is C12H19N3S. The van der Waals surface area contributed by atoms with E-state index in [0.29, 0.717) is 0 Å². The van der Waals surface area contributed by atoms with Crippen LogP contribution in [0.5, 0.6) is 0 Å². The lowest BCUT2D eigenvalue weighted by Gasteiger charge is -2.22. The lowest BCUT2D eigenvalue weighted by Crippen LogP contribution is -2.35. The molecule has 2 aliphatic heterocycles. The third-order valence-corrected chi connectivity index (χ3v) is 4.48. The van der Waals surface area contributed by atoms with Crippen LogP contribution in [0.3, 0.4) is 0 Å². The molecule has 1 aromatic rings. The van der Waals surface area contributed by atoms with E-state index in [1.54, 1.807) is 11.3 Å². The summed E-state index contributed by atoms with van der Waals surface area (Å²) in [4.78, 5) is 7.11. The third kappa shape index (κ3) is 2.29. The largest absolute Gasteiger partial charge is 0.310 e. The Morgan fingerprint density at radius 3 is 3.12 bits per heavy atom. The Hall–Kier alpha value is -0.450. The van der Waals surface area contributed by atoms with Gasteiger partial charge in [0.15, 0.2) is 0 Å². The van der Waals surface area contributed by atoms with Crippen LogP contribution < -0.4 is 5.32 Å². The van der Waals surface area contributed by atoms with Crippen molar-refractivity contribution in [2.24, 2.45) is 0 Å². The summed E-state index contributed by atoms with van der Waals surface area (Å²) in [7, 11) is 0. The molecule has 0 amide bonds. The normalized spacial score (nSPS) is 30.6. The van der Waals surface area contributed by atoms with Gasteiger partial charge in [-0.1, -0.05) is 0 Å². The second-order valence-electron chi connectivity index (χ2n) is 5.02. The number of nitrogens with one attached hydrogen (secondary N) is 1. The van der Waals surface area contributed by atoms with Gasteiger partial charge in [-0.2, -0.15) is 0 Å². The van der Waals surface area contributed by atoms with E-state index in [0.717, 1.165) is 18.6 Å². The van der Waals surface area contributed by atoms with E-state index < -0.39 is 0 Å². The monoisotopic (exact) mass is 237 g/mol. The molecule has 16 heavy (non-hydrogen) atoms. The van der Waals surface area contributed by atoms with Crippen molar-refractivity contribution in [2.45, 2.75) is 44.8 Å². The average Bonchev–Trinajstić information content (AvgIpc) is 2.77. The molecule has 2 bridgehead atoms. The summed E-state index contributed by atoms with van der Waals surface area (Å²) in [5, 5.41) is 7.10. The van der Waals surface area contributed by atoms with E-state index in [2.05, 4.69) is 27.5 Å². The van der Waals surface area contributed by atoms with Gasteiger partial charge in [0, 0.05) is 37.1 Å². The number of thiazole rings is 1. The topological polar surface area (TPSA) is 28.2 Å². The van der Waals surface area contributed by atoms with Gasteiger partial charge in [0.05, 0.1) is 10.7 Å². The molecule has 3 rings (SSSR count). The van der Waals surface area contributed by atoms with Gasteiger partial charge < -0.3 is 5.32 Å². The van der Waals surface area contributed by atoms with Crippen molar-refractivity contribution < 1.29 is 0 Å². The van der Waals surface area contributed by atoms with E-state index >= 15 is 0 Å². The first-order valence-electron chi connectivity index (χ1n) is 6.19. The maximum atomic E-state index is 4.55. The van der Waals surface area contributed by atoms with Gasteiger partial charge in [0.1, 0.15) is 0 Å². The fraction of sp³-hybridized carbons (Fsp3) is 0.750. The average molecular weight is 237 g/mol. The standard InChI is InChI=1S/C12H19N3S/c1-9-13-12(8-16-9)7-15-5-4-10-2-3-11(6-15)14-10/h8,10-11,14H,2-7H2,1H3. The van der Waals surface area contributed by atoms with Gasteiger partial charge in [0.25, 0.3) is 0 Å². The highest BCUT2D eigenvalue weighted by Crippen LogP contribution is 2.21. The van der Waals surface area contributed by atoms with Crippen molar-refractivity contribution in [3.8, 4) is 0 Å². The van der Waals surface area contributed by atoms with Crippen molar-refractivity contribution >= 4 is 11.3 Å². The molecule has 1 N–H and O–H groups in total. The Balaban J connectivity index is 1.63. The van der Waals surface area contributed by atoms with Crippen LogP contribution in [0.2, 0.25) is 0 Å². The molecule has 0 aliphatic carbocycles. The fourth-order valence-electron chi connectivity index (χ4n) is 2.87. The molecule has 0 spiro atoms. The van der Waals surface area contributed by atoms with Crippen molar-refractivity contribution in [1.29, 1.82) is 0 Å². The highest BCUT2D eigenvalue weighted by Gasteiger charge is 2.29. The Morgan fingerprint density at radius 2 is 2.31 bits per heavy atom. The zero-order valence-corrected chi connectivity index (χ0v) is 10.6. The summed E-state index contributed by atoms with van der Waals surface area (Å²) in [6, 6.07) is 1.51. The summed E-state index contributed by atoms with van der Waals surface area (Å²) < 4.78 is 0. The van der Waals surface area contributed by atoms with Crippen LogP contribution in [-0.4, -0.2) is 35.1 Å². The molecule has 2 unspecified atom stereocenters. The van der Waals surface area contributed by atoms with Crippen LogP contribution in [0.25, 0.3) is 0 Å². The number of likely N-dealkylation sites (tertiary alicyclic amines) is 1. The Morgan fingerprint density at radius 1 is 1.44 bits per heavy atom. The van der Waals surface area contributed by atoms with Crippen molar-refractivity contribution in [1.82, 2.24) is 15.2 Å². The molecule has 0 saturated carbocycles. The summed E-state index contributed by atoms with van der Waals surface area (Å²) in [6.45, 7) is 5.55.